The summed E-state index contributed by atoms with van der Waals surface area (Å²) < 4.78 is 5.75. The Morgan fingerprint density at radius 2 is 2.00 bits per heavy atom. The largest absolute Gasteiger partial charge is 0.437 e. The van der Waals surface area contributed by atoms with Gasteiger partial charge in [-0.2, -0.15) is 4.98 Å². The van der Waals surface area contributed by atoms with Crippen LogP contribution in [0.25, 0.3) is 0 Å². The highest BCUT2D eigenvalue weighted by atomic mass is 35.5. The van der Waals surface area contributed by atoms with Crippen LogP contribution in [0.1, 0.15) is 30.9 Å². The van der Waals surface area contributed by atoms with Crippen LogP contribution >= 0.6 is 11.6 Å². The van der Waals surface area contributed by atoms with E-state index in [1.54, 1.807) is 0 Å². The molecule has 1 aromatic carbocycles. The number of nitrogens with zero attached hydrogens (tertiary/aromatic N) is 2. The summed E-state index contributed by atoms with van der Waals surface area (Å²) in [6, 6.07) is 6.10. The van der Waals surface area contributed by atoms with Gasteiger partial charge in [0.15, 0.2) is 5.15 Å². The first kappa shape index (κ1) is 13.6. The molecule has 0 aliphatic heterocycles. The molecular weight excluding hydrogens is 262 g/mol. The predicted octanol–water partition coefficient (Wildman–Crippen LogP) is 3.94. The molecular formula is C14H16ClN3O. The molecule has 19 heavy (non-hydrogen) atoms. The van der Waals surface area contributed by atoms with Crippen molar-refractivity contribution in [1.29, 1.82) is 0 Å². The van der Waals surface area contributed by atoms with Gasteiger partial charge in [-0.1, -0.05) is 37.6 Å². The van der Waals surface area contributed by atoms with Crippen molar-refractivity contribution in [3.05, 3.63) is 40.8 Å². The van der Waals surface area contributed by atoms with E-state index in [0.29, 0.717) is 5.92 Å². The molecule has 0 unspecified atom stereocenters. The lowest BCUT2D eigenvalue weighted by atomic mass is 10.0. The van der Waals surface area contributed by atoms with Gasteiger partial charge in [0.25, 0.3) is 0 Å². The first-order chi connectivity index (χ1) is 8.99. The Bertz CT molecular complexity index is 599. The number of nitrogens with two attached hydrogens (primary N) is 1. The van der Waals surface area contributed by atoms with Crippen LogP contribution in [0.15, 0.2) is 24.5 Å². The van der Waals surface area contributed by atoms with E-state index in [-0.39, 0.29) is 16.7 Å². The highest BCUT2D eigenvalue weighted by molar-refractivity contribution is 6.32. The van der Waals surface area contributed by atoms with Crippen LogP contribution in [0.2, 0.25) is 5.15 Å². The molecule has 0 atom stereocenters. The van der Waals surface area contributed by atoms with Crippen molar-refractivity contribution in [2.24, 2.45) is 0 Å². The van der Waals surface area contributed by atoms with Crippen LogP contribution in [0, 0.1) is 6.92 Å². The van der Waals surface area contributed by atoms with E-state index in [9.17, 15) is 0 Å². The molecule has 1 aromatic heterocycles. The van der Waals surface area contributed by atoms with Gasteiger partial charge in [-0.05, 0) is 30.0 Å². The fourth-order valence-electron chi connectivity index (χ4n) is 1.63. The van der Waals surface area contributed by atoms with Gasteiger partial charge in [-0.15, -0.1) is 0 Å². The molecule has 4 nitrogen and oxygen atoms in total. The third-order valence-electron chi connectivity index (χ3n) is 2.88. The second-order valence-electron chi connectivity index (χ2n) is 4.67. The topological polar surface area (TPSA) is 61.0 Å². The molecule has 2 rings (SSSR count). The summed E-state index contributed by atoms with van der Waals surface area (Å²) in [5, 5.41) is 0.197. The van der Waals surface area contributed by atoms with Gasteiger partial charge in [-0.25, -0.2) is 4.98 Å². The minimum atomic E-state index is 0.197. The van der Waals surface area contributed by atoms with E-state index in [2.05, 4.69) is 29.9 Å². The van der Waals surface area contributed by atoms with Crippen molar-refractivity contribution in [2.75, 3.05) is 5.73 Å². The second-order valence-corrected chi connectivity index (χ2v) is 5.02. The minimum absolute atomic E-state index is 0.197. The Morgan fingerprint density at radius 1 is 1.26 bits per heavy atom. The van der Waals surface area contributed by atoms with Crippen molar-refractivity contribution in [2.45, 2.75) is 26.7 Å². The van der Waals surface area contributed by atoms with Crippen molar-refractivity contribution in [1.82, 2.24) is 9.97 Å². The average Bonchev–Trinajstić information content (AvgIpc) is 2.37. The lowest BCUT2D eigenvalue weighted by molar-refractivity contribution is 0.460. The highest BCUT2D eigenvalue weighted by Crippen LogP contribution is 2.32. The molecule has 1 heterocycles. The molecule has 2 aromatic rings. The standard InChI is InChI=1S/C14H16ClN3O/c1-8(2)10-5-4-9(3)11(6-10)19-14-12(16)13(15)17-7-18-14/h4-8H,16H2,1-3H3. The van der Waals surface area contributed by atoms with E-state index in [0.717, 1.165) is 11.3 Å². The van der Waals surface area contributed by atoms with Crippen LogP contribution in [0.4, 0.5) is 5.69 Å². The third-order valence-corrected chi connectivity index (χ3v) is 3.19. The maximum atomic E-state index is 5.85. The quantitative estimate of drug-likeness (QED) is 0.863. The number of benzene rings is 1. The smallest absolute Gasteiger partial charge is 0.247 e. The fraction of sp³-hybridized carbons (Fsp3) is 0.286. The summed E-state index contributed by atoms with van der Waals surface area (Å²) in [7, 11) is 0. The van der Waals surface area contributed by atoms with Gasteiger partial charge in [0.2, 0.25) is 5.88 Å². The summed E-state index contributed by atoms with van der Waals surface area (Å²) in [6.07, 6.45) is 1.33. The third kappa shape index (κ3) is 2.96. The van der Waals surface area contributed by atoms with E-state index in [1.165, 1.54) is 11.9 Å². The summed E-state index contributed by atoms with van der Waals surface area (Å²) in [5.41, 5.74) is 8.25. The van der Waals surface area contributed by atoms with Crippen LogP contribution in [0.3, 0.4) is 0 Å². The first-order valence-corrected chi connectivity index (χ1v) is 6.41. The molecule has 0 saturated carbocycles. The normalized spacial score (nSPS) is 10.8. The minimum Gasteiger partial charge on any atom is -0.437 e. The lowest BCUT2D eigenvalue weighted by Crippen LogP contribution is -1.99. The number of halogens is 1. The molecule has 0 amide bonds. The SMILES string of the molecule is Cc1ccc(C(C)C)cc1Oc1ncnc(Cl)c1N. The van der Waals surface area contributed by atoms with E-state index < -0.39 is 0 Å². The first-order valence-electron chi connectivity index (χ1n) is 6.03. The van der Waals surface area contributed by atoms with Crippen molar-refractivity contribution >= 4 is 17.3 Å². The van der Waals surface area contributed by atoms with Crippen LogP contribution in [-0.4, -0.2) is 9.97 Å². The molecule has 2 N–H and O–H groups in total. The number of aryl methyl sites for hydroxylation is 1. The molecule has 0 aliphatic carbocycles. The maximum Gasteiger partial charge on any atom is 0.247 e. The molecule has 0 aliphatic rings. The van der Waals surface area contributed by atoms with Gasteiger partial charge in [0, 0.05) is 0 Å². The molecule has 5 heteroatoms. The second kappa shape index (κ2) is 5.45. The molecule has 0 radical (unpaired) electrons. The van der Waals surface area contributed by atoms with Crippen molar-refractivity contribution in [3.63, 3.8) is 0 Å². The molecule has 0 bridgehead atoms. The van der Waals surface area contributed by atoms with Gasteiger partial charge >= 0.3 is 0 Å². The van der Waals surface area contributed by atoms with Crippen molar-refractivity contribution < 1.29 is 4.74 Å². The Hall–Kier alpha value is -1.81. The highest BCUT2D eigenvalue weighted by Gasteiger charge is 2.11. The lowest BCUT2D eigenvalue weighted by Gasteiger charge is -2.13. The van der Waals surface area contributed by atoms with E-state index in [4.69, 9.17) is 22.1 Å². The molecule has 0 saturated heterocycles. The number of rotatable bonds is 3. The van der Waals surface area contributed by atoms with Gasteiger partial charge in [0.05, 0.1) is 0 Å². The zero-order chi connectivity index (χ0) is 14.0. The van der Waals surface area contributed by atoms with Crippen LogP contribution in [-0.2, 0) is 0 Å². The number of anilines is 1. The monoisotopic (exact) mass is 277 g/mol. The Morgan fingerprint density at radius 3 is 2.68 bits per heavy atom. The Kier molecular flexibility index (Phi) is 3.90. The zero-order valence-corrected chi connectivity index (χ0v) is 11.9. The number of hydrogen-bond acceptors (Lipinski definition) is 4. The van der Waals surface area contributed by atoms with E-state index >= 15 is 0 Å². The Labute approximate surface area is 117 Å². The van der Waals surface area contributed by atoms with Gasteiger partial charge in [-0.3, -0.25) is 0 Å². The number of nitrogen functional groups attached to an aromatic ring is 1. The summed E-state index contributed by atoms with van der Waals surface area (Å²) >= 11 is 5.85. The maximum absolute atomic E-state index is 5.85. The summed E-state index contributed by atoms with van der Waals surface area (Å²) in [4.78, 5) is 7.81. The van der Waals surface area contributed by atoms with Gasteiger partial charge in [0.1, 0.15) is 17.8 Å². The van der Waals surface area contributed by atoms with Crippen molar-refractivity contribution in [3.8, 4) is 11.6 Å². The Balaban J connectivity index is 2.37. The molecule has 0 spiro atoms. The predicted molar refractivity (Wildman–Crippen MR) is 76.8 cm³/mol. The number of ether oxygens (including phenoxy) is 1. The fourth-order valence-corrected chi connectivity index (χ4v) is 1.76. The zero-order valence-electron chi connectivity index (χ0n) is 11.1. The summed E-state index contributed by atoms with van der Waals surface area (Å²) in [6.45, 7) is 6.23. The van der Waals surface area contributed by atoms with Crippen LogP contribution < -0.4 is 10.5 Å². The number of aromatic nitrogens is 2. The van der Waals surface area contributed by atoms with Gasteiger partial charge < -0.3 is 10.5 Å². The summed E-state index contributed by atoms with van der Waals surface area (Å²) in [5.74, 6) is 1.44. The van der Waals surface area contributed by atoms with Crippen LogP contribution in [0.5, 0.6) is 11.6 Å². The molecule has 100 valence electrons. The number of hydrogen-bond donors (Lipinski definition) is 1. The molecule has 0 fully saturated rings. The average molecular weight is 278 g/mol. The van der Waals surface area contributed by atoms with E-state index in [1.807, 2.05) is 19.1 Å².